The van der Waals surface area contributed by atoms with Crippen LogP contribution >= 0.6 is 0 Å². The molecule has 2 nitrogen and oxygen atoms in total. The lowest BCUT2D eigenvalue weighted by Crippen LogP contribution is -2.30. The van der Waals surface area contributed by atoms with Gasteiger partial charge < -0.3 is 9.90 Å². The molecule has 0 bridgehead atoms. The lowest BCUT2D eigenvalue weighted by molar-refractivity contribution is -0.300. The molecular weight excluding hydrogens is 128 g/mol. The minimum atomic E-state index is -1.07. The maximum atomic E-state index is 10.4. The second-order valence-corrected chi connectivity index (χ2v) is 3.24. The molecule has 0 fully saturated rings. The largest absolute Gasteiger partial charge is 0.545 e. The fourth-order valence-electron chi connectivity index (χ4n) is 0.857. The molecule has 0 aromatic carbocycles. The molecule has 0 amide bonds. The van der Waals surface area contributed by atoms with Crippen molar-refractivity contribution < 1.29 is 9.90 Å². The van der Waals surface area contributed by atoms with E-state index in [-0.39, 0.29) is 5.41 Å². The van der Waals surface area contributed by atoms with Gasteiger partial charge in [0.25, 0.3) is 0 Å². The number of carbonyl (C=O) groups is 1. The maximum absolute atomic E-state index is 10.4. The van der Waals surface area contributed by atoms with Crippen LogP contribution in [0.2, 0.25) is 0 Å². The van der Waals surface area contributed by atoms with E-state index in [0.717, 1.165) is 0 Å². The van der Waals surface area contributed by atoms with Crippen LogP contribution in [0.5, 0.6) is 0 Å². The van der Waals surface area contributed by atoms with E-state index >= 15 is 0 Å². The average Bonchev–Trinajstić information content (AvgIpc) is 1.60. The highest BCUT2D eigenvalue weighted by molar-refractivity contribution is 5.85. The van der Waals surface area contributed by atoms with Gasteiger partial charge in [-0.1, -0.05) is 26.8 Å². The number of aliphatic carboxylic acids is 1. The normalized spacial score (nSPS) is 13.4. The van der Waals surface area contributed by atoms with Gasteiger partial charge in [0, 0.05) is 0 Å². The molecule has 0 aliphatic heterocycles. The highest BCUT2D eigenvalue weighted by Crippen LogP contribution is 2.23. The molecule has 10 heavy (non-hydrogen) atoms. The van der Waals surface area contributed by atoms with Crippen molar-refractivity contribution in [3.8, 4) is 0 Å². The molecule has 0 spiro atoms. The lowest BCUT2D eigenvalue weighted by Gasteiger charge is -2.23. The Hall–Kier alpha value is -0.790. The van der Waals surface area contributed by atoms with Crippen LogP contribution in [0.15, 0.2) is 11.6 Å². The van der Waals surface area contributed by atoms with Crippen LogP contribution in [0.3, 0.4) is 0 Å². The summed E-state index contributed by atoms with van der Waals surface area (Å²) in [7, 11) is 0. The van der Waals surface area contributed by atoms with Crippen molar-refractivity contribution in [1.29, 1.82) is 0 Å². The first-order valence-electron chi connectivity index (χ1n) is 3.27. The predicted molar refractivity (Wildman–Crippen MR) is 38.2 cm³/mol. The van der Waals surface area contributed by atoms with Gasteiger partial charge >= 0.3 is 0 Å². The van der Waals surface area contributed by atoms with Crippen LogP contribution in [-0.2, 0) is 4.79 Å². The second-order valence-electron chi connectivity index (χ2n) is 3.24. The van der Waals surface area contributed by atoms with E-state index in [4.69, 9.17) is 0 Å². The fourth-order valence-corrected chi connectivity index (χ4v) is 0.857. The first kappa shape index (κ1) is 9.21. The first-order chi connectivity index (χ1) is 4.39. The van der Waals surface area contributed by atoms with Gasteiger partial charge in [0.15, 0.2) is 0 Å². The van der Waals surface area contributed by atoms with E-state index in [9.17, 15) is 9.90 Å². The average molecular weight is 141 g/mol. The molecular formula is C8H13O2-. The van der Waals surface area contributed by atoms with E-state index in [0.29, 0.717) is 5.57 Å². The summed E-state index contributed by atoms with van der Waals surface area (Å²) in [6.07, 6.45) is 1.58. The quantitative estimate of drug-likeness (QED) is 0.505. The Labute approximate surface area is 61.6 Å². The number of hydrogen-bond acceptors (Lipinski definition) is 2. The molecule has 0 unspecified atom stereocenters. The van der Waals surface area contributed by atoms with Gasteiger partial charge in [-0.2, -0.15) is 0 Å². The number of carboxylic acid groups (broad SMARTS) is 1. The van der Waals surface area contributed by atoms with Gasteiger partial charge in [-0.15, -0.1) is 0 Å². The van der Waals surface area contributed by atoms with Gasteiger partial charge in [-0.25, -0.2) is 0 Å². The Balaban J connectivity index is 4.56. The molecule has 0 saturated carbocycles. The number of carbonyl (C=O) groups excluding carboxylic acids is 1. The van der Waals surface area contributed by atoms with Crippen molar-refractivity contribution in [3.05, 3.63) is 11.6 Å². The van der Waals surface area contributed by atoms with Crippen molar-refractivity contribution in [1.82, 2.24) is 0 Å². The van der Waals surface area contributed by atoms with Crippen molar-refractivity contribution in [2.45, 2.75) is 27.7 Å². The molecule has 0 rings (SSSR count). The zero-order valence-corrected chi connectivity index (χ0v) is 6.89. The van der Waals surface area contributed by atoms with Crippen LogP contribution in [0, 0.1) is 5.41 Å². The minimum Gasteiger partial charge on any atom is -0.545 e. The third kappa shape index (κ3) is 2.21. The van der Waals surface area contributed by atoms with Crippen molar-refractivity contribution in [3.63, 3.8) is 0 Å². The van der Waals surface area contributed by atoms with Crippen molar-refractivity contribution in [2.24, 2.45) is 5.41 Å². The zero-order valence-electron chi connectivity index (χ0n) is 6.89. The van der Waals surface area contributed by atoms with Gasteiger partial charge in [-0.05, 0) is 17.9 Å². The highest BCUT2D eigenvalue weighted by Gasteiger charge is 2.16. The molecule has 58 valence electrons. The molecule has 0 aromatic heterocycles. The highest BCUT2D eigenvalue weighted by atomic mass is 16.4. The third-order valence-electron chi connectivity index (χ3n) is 1.32. The summed E-state index contributed by atoms with van der Waals surface area (Å²) in [5.41, 5.74) is 0.0422. The molecule has 0 atom stereocenters. The van der Waals surface area contributed by atoms with Crippen LogP contribution in [0.1, 0.15) is 27.7 Å². The number of hydrogen-bond donors (Lipinski definition) is 0. The molecule has 0 aromatic rings. The first-order valence-corrected chi connectivity index (χ1v) is 3.27. The fraction of sp³-hybridized carbons (Fsp3) is 0.625. The molecule has 0 aliphatic rings. The van der Waals surface area contributed by atoms with E-state index in [1.807, 2.05) is 20.8 Å². The molecule has 0 heterocycles. The van der Waals surface area contributed by atoms with E-state index in [1.165, 1.54) is 0 Å². The third-order valence-corrected chi connectivity index (χ3v) is 1.32. The number of carboxylic acids is 1. The summed E-state index contributed by atoms with van der Waals surface area (Å²) in [5.74, 6) is -1.07. The Morgan fingerprint density at radius 3 is 1.80 bits per heavy atom. The van der Waals surface area contributed by atoms with Crippen LogP contribution < -0.4 is 5.11 Å². The number of allylic oxidation sites excluding steroid dienone is 1. The van der Waals surface area contributed by atoms with Gasteiger partial charge in [0.1, 0.15) is 0 Å². The minimum absolute atomic E-state index is 0.312. The lowest BCUT2D eigenvalue weighted by atomic mass is 9.86. The van der Waals surface area contributed by atoms with Gasteiger partial charge in [0.05, 0.1) is 5.97 Å². The molecule has 0 saturated heterocycles. The molecule has 0 aliphatic carbocycles. The monoisotopic (exact) mass is 141 g/mol. The smallest absolute Gasteiger partial charge is 0.0676 e. The Morgan fingerprint density at radius 2 is 1.80 bits per heavy atom. The zero-order chi connectivity index (χ0) is 8.36. The summed E-state index contributed by atoms with van der Waals surface area (Å²) < 4.78 is 0. The Bertz CT molecular complexity index is 161. The van der Waals surface area contributed by atoms with E-state index in [2.05, 4.69) is 0 Å². The summed E-state index contributed by atoms with van der Waals surface area (Å²) in [6, 6.07) is 0. The van der Waals surface area contributed by atoms with Crippen LogP contribution in [-0.4, -0.2) is 5.97 Å². The summed E-state index contributed by atoms with van der Waals surface area (Å²) >= 11 is 0. The van der Waals surface area contributed by atoms with E-state index < -0.39 is 5.97 Å². The molecule has 2 heteroatoms. The van der Waals surface area contributed by atoms with Gasteiger partial charge in [0.2, 0.25) is 0 Å². The predicted octanol–water partition coefficient (Wildman–Crippen LogP) is 0.729. The SMILES string of the molecule is C/C=C(/C(=O)[O-])C(C)(C)C. The second kappa shape index (κ2) is 2.86. The molecule has 0 N–H and O–H groups in total. The van der Waals surface area contributed by atoms with Crippen LogP contribution in [0.25, 0.3) is 0 Å². The summed E-state index contributed by atoms with van der Waals surface area (Å²) in [4.78, 5) is 10.4. The van der Waals surface area contributed by atoms with Crippen molar-refractivity contribution >= 4 is 5.97 Å². The Morgan fingerprint density at radius 1 is 1.40 bits per heavy atom. The van der Waals surface area contributed by atoms with E-state index in [1.54, 1.807) is 13.0 Å². The van der Waals surface area contributed by atoms with Crippen molar-refractivity contribution in [2.75, 3.05) is 0 Å². The number of rotatable bonds is 1. The Kier molecular flexibility index (Phi) is 2.64. The topological polar surface area (TPSA) is 40.1 Å². The maximum Gasteiger partial charge on any atom is 0.0676 e. The molecule has 0 radical (unpaired) electrons. The van der Waals surface area contributed by atoms with Gasteiger partial charge in [-0.3, -0.25) is 0 Å². The summed E-state index contributed by atoms with van der Waals surface area (Å²) in [5, 5.41) is 10.4. The van der Waals surface area contributed by atoms with Crippen LogP contribution in [0.4, 0.5) is 0 Å². The summed E-state index contributed by atoms with van der Waals surface area (Å²) in [6.45, 7) is 7.24. The standard InChI is InChI=1S/C8H14O2/c1-5-6(7(9)10)8(2,3)4/h5H,1-4H3,(H,9,10)/p-1/b6-5-.